The Morgan fingerprint density at radius 1 is 1.50 bits per heavy atom. The lowest BCUT2D eigenvalue weighted by Crippen LogP contribution is -2.19. The van der Waals surface area contributed by atoms with Crippen molar-refractivity contribution in [1.29, 1.82) is 0 Å². The van der Waals surface area contributed by atoms with Gasteiger partial charge in [-0.3, -0.25) is 10.1 Å². The second kappa shape index (κ2) is 3.79. The molecule has 2 aliphatic carbocycles. The van der Waals surface area contributed by atoms with E-state index in [0.717, 1.165) is 12.5 Å². The van der Waals surface area contributed by atoms with Crippen LogP contribution >= 0.6 is 0 Å². The molecule has 0 spiro atoms. The third-order valence-corrected chi connectivity index (χ3v) is 3.98. The van der Waals surface area contributed by atoms with Gasteiger partial charge in [0.05, 0.1) is 4.92 Å². The number of aromatic nitrogens is 2. The van der Waals surface area contributed by atoms with Crippen molar-refractivity contribution < 1.29 is 4.92 Å². The fraction of sp³-hybridized carbons (Fsp3) is 0.636. The Labute approximate surface area is 104 Å². The number of nitro groups is 1. The third-order valence-electron chi connectivity index (χ3n) is 3.98. The molecule has 2 saturated carbocycles. The maximum Gasteiger partial charge on any atom is 0.352 e. The number of nitrogens with one attached hydrogen (secondary N) is 1. The summed E-state index contributed by atoms with van der Waals surface area (Å²) in [5.74, 6) is 0.941. The van der Waals surface area contributed by atoms with Gasteiger partial charge in [0.1, 0.15) is 6.33 Å². The molecule has 0 amide bonds. The van der Waals surface area contributed by atoms with Crippen LogP contribution in [0, 0.1) is 21.4 Å². The van der Waals surface area contributed by atoms with Gasteiger partial charge in [-0.2, -0.15) is 0 Å². The van der Waals surface area contributed by atoms with Crippen LogP contribution in [0.3, 0.4) is 0 Å². The van der Waals surface area contributed by atoms with E-state index in [1.54, 1.807) is 0 Å². The summed E-state index contributed by atoms with van der Waals surface area (Å²) >= 11 is 0. The maximum atomic E-state index is 10.9. The highest BCUT2D eigenvalue weighted by Gasteiger charge is 2.53. The average Bonchev–Trinajstić information content (AvgIpc) is 3.17. The molecule has 96 valence electrons. The molecule has 1 aromatic heterocycles. The number of nitrogens with two attached hydrogens (primary N) is 1. The normalized spacial score (nSPS) is 20.4. The van der Waals surface area contributed by atoms with Crippen molar-refractivity contribution in [2.24, 2.45) is 11.3 Å². The lowest BCUT2D eigenvalue weighted by molar-refractivity contribution is -0.383. The zero-order chi connectivity index (χ0) is 12.8. The molecule has 2 fully saturated rings. The van der Waals surface area contributed by atoms with Crippen LogP contribution in [-0.4, -0.2) is 21.4 Å². The number of anilines is 2. The first-order valence-electron chi connectivity index (χ1n) is 6.11. The van der Waals surface area contributed by atoms with Gasteiger partial charge in [0.15, 0.2) is 0 Å². The summed E-state index contributed by atoms with van der Waals surface area (Å²) in [7, 11) is 0. The van der Waals surface area contributed by atoms with Crippen molar-refractivity contribution in [3.05, 3.63) is 16.4 Å². The molecule has 3 rings (SSSR count). The molecular weight excluding hydrogens is 234 g/mol. The van der Waals surface area contributed by atoms with E-state index < -0.39 is 4.92 Å². The van der Waals surface area contributed by atoms with E-state index in [0.29, 0.717) is 5.41 Å². The molecule has 3 N–H and O–H groups in total. The highest BCUT2D eigenvalue weighted by atomic mass is 16.6. The quantitative estimate of drug-likeness (QED) is 0.605. The predicted octanol–water partition coefficient (Wildman–Crippen LogP) is 1.57. The standard InChI is InChI=1S/C11H15N5O2/c12-9-8(16(17)18)10(15-6-14-9)13-5-11(3-4-11)7-1-2-7/h6-7H,1-5H2,(H3,12,13,14,15). The highest BCUT2D eigenvalue weighted by Crippen LogP contribution is 2.61. The van der Waals surface area contributed by atoms with Gasteiger partial charge in [0.2, 0.25) is 11.6 Å². The van der Waals surface area contributed by atoms with E-state index in [1.807, 2.05) is 0 Å². The SMILES string of the molecule is Nc1ncnc(NCC2(C3CC3)CC2)c1[N+](=O)[O-]. The van der Waals surface area contributed by atoms with Gasteiger partial charge < -0.3 is 11.1 Å². The number of hydrogen-bond acceptors (Lipinski definition) is 6. The maximum absolute atomic E-state index is 10.9. The first-order chi connectivity index (χ1) is 8.62. The van der Waals surface area contributed by atoms with Crippen molar-refractivity contribution in [3.8, 4) is 0 Å². The van der Waals surface area contributed by atoms with E-state index in [-0.39, 0.29) is 17.3 Å². The minimum atomic E-state index is -0.533. The Morgan fingerprint density at radius 2 is 2.22 bits per heavy atom. The van der Waals surface area contributed by atoms with Gasteiger partial charge in [-0.15, -0.1) is 0 Å². The van der Waals surface area contributed by atoms with Crippen LogP contribution in [-0.2, 0) is 0 Å². The summed E-state index contributed by atoms with van der Waals surface area (Å²) in [5, 5.41) is 14.0. The van der Waals surface area contributed by atoms with Crippen LogP contribution < -0.4 is 11.1 Å². The van der Waals surface area contributed by atoms with Gasteiger partial charge in [-0.1, -0.05) is 0 Å². The smallest absolute Gasteiger partial charge is 0.352 e. The van der Waals surface area contributed by atoms with Crippen LogP contribution in [0.15, 0.2) is 6.33 Å². The predicted molar refractivity (Wildman–Crippen MR) is 66.0 cm³/mol. The molecule has 0 saturated heterocycles. The Bertz CT molecular complexity index is 496. The second-order valence-electron chi connectivity index (χ2n) is 5.20. The first-order valence-corrected chi connectivity index (χ1v) is 6.11. The van der Waals surface area contributed by atoms with Gasteiger partial charge in [0, 0.05) is 6.54 Å². The average molecular weight is 249 g/mol. The largest absolute Gasteiger partial charge is 0.378 e. The van der Waals surface area contributed by atoms with Crippen molar-refractivity contribution in [1.82, 2.24) is 9.97 Å². The van der Waals surface area contributed by atoms with Crippen LogP contribution in [0.1, 0.15) is 25.7 Å². The zero-order valence-electron chi connectivity index (χ0n) is 9.93. The Balaban J connectivity index is 1.76. The molecule has 7 nitrogen and oxygen atoms in total. The topological polar surface area (TPSA) is 107 Å². The van der Waals surface area contributed by atoms with E-state index in [1.165, 1.54) is 32.0 Å². The minimum absolute atomic E-state index is 0.0891. The summed E-state index contributed by atoms with van der Waals surface area (Å²) < 4.78 is 0. The number of hydrogen-bond donors (Lipinski definition) is 2. The third kappa shape index (κ3) is 1.85. The number of nitrogens with zero attached hydrogens (tertiary/aromatic N) is 3. The Kier molecular flexibility index (Phi) is 2.36. The van der Waals surface area contributed by atoms with E-state index in [9.17, 15) is 10.1 Å². The summed E-state index contributed by atoms with van der Waals surface area (Å²) in [4.78, 5) is 18.0. The van der Waals surface area contributed by atoms with Crippen LogP contribution in [0.25, 0.3) is 0 Å². The number of nitrogen functional groups attached to an aromatic ring is 1. The lowest BCUT2D eigenvalue weighted by atomic mass is 10.0. The fourth-order valence-corrected chi connectivity index (χ4v) is 2.55. The van der Waals surface area contributed by atoms with E-state index >= 15 is 0 Å². The van der Waals surface area contributed by atoms with E-state index in [4.69, 9.17) is 5.73 Å². The van der Waals surface area contributed by atoms with Crippen LogP contribution in [0.2, 0.25) is 0 Å². The summed E-state index contributed by atoms with van der Waals surface area (Å²) in [6.45, 7) is 0.745. The zero-order valence-corrected chi connectivity index (χ0v) is 9.93. The molecule has 18 heavy (non-hydrogen) atoms. The van der Waals surface area contributed by atoms with Crippen LogP contribution in [0.4, 0.5) is 17.3 Å². The van der Waals surface area contributed by atoms with Crippen molar-refractivity contribution in [3.63, 3.8) is 0 Å². The van der Waals surface area contributed by atoms with Crippen molar-refractivity contribution in [2.75, 3.05) is 17.6 Å². The second-order valence-corrected chi connectivity index (χ2v) is 5.20. The van der Waals surface area contributed by atoms with Gasteiger partial charge in [-0.05, 0) is 37.0 Å². The van der Waals surface area contributed by atoms with Gasteiger partial charge in [-0.25, -0.2) is 9.97 Å². The molecular formula is C11H15N5O2. The van der Waals surface area contributed by atoms with Crippen LogP contribution in [0.5, 0.6) is 0 Å². The Hall–Kier alpha value is -1.92. The van der Waals surface area contributed by atoms with Crippen molar-refractivity contribution in [2.45, 2.75) is 25.7 Å². The molecule has 0 aromatic carbocycles. The molecule has 0 radical (unpaired) electrons. The summed E-state index contributed by atoms with van der Waals surface area (Å²) in [6, 6.07) is 0. The number of rotatable bonds is 5. The molecule has 2 aliphatic rings. The van der Waals surface area contributed by atoms with E-state index in [2.05, 4.69) is 15.3 Å². The highest BCUT2D eigenvalue weighted by molar-refractivity contribution is 5.67. The molecule has 1 heterocycles. The van der Waals surface area contributed by atoms with Crippen molar-refractivity contribution >= 4 is 17.3 Å². The first kappa shape index (κ1) is 11.2. The molecule has 0 bridgehead atoms. The molecule has 0 aliphatic heterocycles. The summed E-state index contributed by atoms with van der Waals surface area (Å²) in [5.41, 5.74) is 5.65. The minimum Gasteiger partial charge on any atom is -0.378 e. The lowest BCUT2D eigenvalue weighted by Gasteiger charge is -2.15. The van der Waals surface area contributed by atoms with Gasteiger partial charge in [0.25, 0.3) is 0 Å². The molecule has 7 heteroatoms. The van der Waals surface area contributed by atoms with Gasteiger partial charge >= 0.3 is 5.69 Å². The summed E-state index contributed by atoms with van der Waals surface area (Å²) in [6.07, 6.45) is 6.24. The monoisotopic (exact) mass is 249 g/mol. The molecule has 1 aromatic rings. The fourth-order valence-electron chi connectivity index (χ4n) is 2.55. The Morgan fingerprint density at radius 3 is 2.78 bits per heavy atom. The molecule has 0 atom stereocenters. The molecule has 0 unspecified atom stereocenters.